The third-order valence-electron chi connectivity index (χ3n) is 7.19. The predicted octanol–water partition coefficient (Wildman–Crippen LogP) is 3.95. The first-order valence-corrected chi connectivity index (χ1v) is 10.5. The Balaban J connectivity index is 1.38. The summed E-state index contributed by atoms with van der Waals surface area (Å²) in [6.07, 6.45) is 7.54. The number of piperidine rings is 1. The van der Waals surface area contributed by atoms with Crippen molar-refractivity contribution >= 4 is 0 Å². The second-order valence-electron chi connectivity index (χ2n) is 8.64. The van der Waals surface area contributed by atoms with Crippen LogP contribution in [-0.4, -0.2) is 49.0 Å². The number of rotatable bonds is 1. The molecular formula is C22H31NO3. The number of hydrogen-bond acceptors (Lipinski definition) is 4. The molecule has 1 spiro atoms. The van der Waals surface area contributed by atoms with Gasteiger partial charge in [-0.15, -0.1) is 0 Å². The maximum Gasteiger partial charge on any atom is 0.125 e. The summed E-state index contributed by atoms with van der Waals surface area (Å²) in [5.41, 5.74) is 1.22. The van der Waals surface area contributed by atoms with Crippen LogP contribution in [0, 0.1) is 5.92 Å². The molecular weight excluding hydrogens is 326 g/mol. The molecule has 0 bridgehead atoms. The zero-order valence-electron chi connectivity index (χ0n) is 15.9. The van der Waals surface area contributed by atoms with E-state index >= 15 is 0 Å². The molecule has 4 aliphatic heterocycles. The van der Waals surface area contributed by atoms with Crippen molar-refractivity contribution in [2.45, 2.75) is 69.3 Å². The lowest BCUT2D eigenvalue weighted by Crippen LogP contribution is -2.59. The standard InChI is InChI=1S/C22H31NO3/c1-16-6-7-19-21(25-16)18-4-2-3-5-20(18)26-22(19)10-12-23(13-11-22)17-8-14-24-15-9-17/h2-5,16-17,19,21H,6-15H2,1H3/t16-,19+,21-/m0/s1. The summed E-state index contributed by atoms with van der Waals surface area (Å²) in [5.74, 6) is 1.55. The third-order valence-corrected chi connectivity index (χ3v) is 7.19. The largest absolute Gasteiger partial charge is 0.486 e. The van der Waals surface area contributed by atoms with E-state index in [9.17, 15) is 0 Å². The quantitative estimate of drug-likeness (QED) is 0.761. The molecule has 4 heteroatoms. The summed E-state index contributed by atoms with van der Waals surface area (Å²) in [4.78, 5) is 2.69. The molecule has 0 N–H and O–H groups in total. The molecule has 1 aromatic rings. The summed E-state index contributed by atoms with van der Waals surface area (Å²) in [6, 6.07) is 9.26. The van der Waals surface area contributed by atoms with Gasteiger partial charge in [-0.3, -0.25) is 4.90 Å². The molecule has 0 aliphatic carbocycles. The van der Waals surface area contributed by atoms with Gasteiger partial charge < -0.3 is 14.2 Å². The number of ether oxygens (including phenoxy) is 3. The van der Waals surface area contributed by atoms with E-state index in [1.165, 1.54) is 24.8 Å². The molecule has 3 atom stereocenters. The van der Waals surface area contributed by atoms with E-state index in [0.717, 1.165) is 51.3 Å². The van der Waals surface area contributed by atoms with Gasteiger partial charge in [-0.05, 0) is 38.7 Å². The summed E-state index contributed by atoms with van der Waals surface area (Å²) in [7, 11) is 0. The molecule has 0 saturated carbocycles. The summed E-state index contributed by atoms with van der Waals surface area (Å²) < 4.78 is 18.8. The molecule has 26 heavy (non-hydrogen) atoms. The second kappa shape index (κ2) is 6.81. The second-order valence-corrected chi connectivity index (χ2v) is 8.64. The minimum absolute atomic E-state index is 0.0408. The maximum atomic E-state index is 6.77. The first kappa shape index (κ1) is 17.0. The van der Waals surface area contributed by atoms with Crippen molar-refractivity contribution in [1.82, 2.24) is 4.90 Å². The topological polar surface area (TPSA) is 30.9 Å². The molecule has 1 aromatic carbocycles. The molecule has 0 amide bonds. The Morgan fingerprint density at radius 1 is 1.00 bits per heavy atom. The molecule has 4 heterocycles. The number of benzene rings is 1. The summed E-state index contributed by atoms with van der Waals surface area (Å²) >= 11 is 0. The highest BCUT2D eigenvalue weighted by molar-refractivity contribution is 5.39. The Hall–Kier alpha value is -1.10. The Morgan fingerprint density at radius 2 is 1.77 bits per heavy atom. The van der Waals surface area contributed by atoms with Crippen LogP contribution in [0.4, 0.5) is 0 Å². The van der Waals surface area contributed by atoms with Gasteiger partial charge in [0.1, 0.15) is 11.4 Å². The molecule has 3 saturated heterocycles. The maximum absolute atomic E-state index is 6.77. The summed E-state index contributed by atoms with van der Waals surface area (Å²) in [6.45, 7) is 6.35. The number of fused-ring (bicyclic) bond motifs is 4. The van der Waals surface area contributed by atoms with Crippen LogP contribution in [-0.2, 0) is 9.47 Å². The highest BCUT2D eigenvalue weighted by atomic mass is 16.5. The molecule has 5 rings (SSSR count). The van der Waals surface area contributed by atoms with Crippen molar-refractivity contribution in [2.24, 2.45) is 5.92 Å². The zero-order chi connectivity index (χ0) is 17.6. The van der Waals surface area contributed by atoms with Crippen LogP contribution in [0.3, 0.4) is 0 Å². The molecule has 142 valence electrons. The fraction of sp³-hybridized carbons (Fsp3) is 0.727. The van der Waals surface area contributed by atoms with Gasteiger partial charge in [-0.25, -0.2) is 0 Å². The third kappa shape index (κ3) is 2.87. The minimum atomic E-state index is -0.0408. The molecule has 3 fully saturated rings. The zero-order valence-corrected chi connectivity index (χ0v) is 15.9. The lowest BCUT2D eigenvalue weighted by Gasteiger charge is -2.55. The molecule has 0 unspecified atom stereocenters. The highest BCUT2D eigenvalue weighted by Gasteiger charge is 2.53. The summed E-state index contributed by atoms with van der Waals surface area (Å²) in [5, 5.41) is 0. The van der Waals surface area contributed by atoms with E-state index < -0.39 is 0 Å². The highest BCUT2D eigenvalue weighted by Crippen LogP contribution is 2.53. The van der Waals surface area contributed by atoms with Gasteiger partial charge >= 0.3 is 0 Å². The average Bonchev–Trinajstić information content (AvgIpc) is 2.69. The average molecular weight is 357 g/mol. The van der Waals surface area contributed by atoms with Crippen molar-refractivity contribution in [3.05, 3.63) is 29.8 Å². The molecule has 0 radical (unpaired) electrons. The van der Waals surface area contributed by atoms with Gasteiger partial charge in [0, 0.05) is 56.7 Å². The lowest BCUT2D eigenvalue weighted by molar-refractivity contribution is -0.172. The van der Waals surface area contributed by atoms with Crippen LogP contribution in [0.25, 0.3) is 0 Å². The Kier molecular flexibility index (Phi) is 4.46. The van der Waals surface area contributed by atoms with Gasteiger partial charge in [-0.2, -0.15) is 0 Å². The van der Waals surface area contributed by atoms with E-state index in [1.54, 1.807) is 0 Å². The number of para-hydroxylation sites is 1. The van der Waals surface area contributed by atoms with Crippen molar-refractivity contribution in [1.29, 1.82) is 0 Å². The van der Waals surface area contributed by atoms with Crippen LogP contribution in [0.5, 0.6) is 5.75 Å². The SMILES string of the molecule is C[C@H]1CC[C@@H]2[C@@H](O1)c1ccccc1OC21CCN(C2CCOCC2)CC1. The fourth-order valence-corrected chi connectivity index (χ4v) is 5.70. The van der Waals surface area contributed by atoms with Gasteiger partial charge in [0.05, 0.1) is 12.2 Å². The van der Waals surface area contributed by atoms with E-state index in [2.05, 4.69) is 36.1 Å². The molecule has 4 nitrogen and oxygen atoms in total. The Morgan fingerprint density at radius 3 is 2.58 bits per heavy atom. The van der Waals surface area contributed by atoms with E-state index in [0.29, 0.717) is 18.1 Å². The van der Waals surface area contributed by atoms with Gasteiger partial charge in [0.2, 0.25) is 0 Å². The smallest absolute Gasteiger partial charge is 0.125 e. The van der Waals surface area contributed by atoms with Crippen LogP contribution in [0.1, 0.15) is 57.1 Å². The van der Waals surface area contributed by atoms with E-state index in [1.807, 2.05) is 0 Å². The normalized spacial score (nSPS) is 34.7. The Bertz CT molecular complexity index is 634. The van der Waals surface area contributed by atoms with E-state index in [4.69, 9.17) is 14.2 Å². The molecule has 4 aliphatic rings. The minimum Gasteiger partial charge on any atom is -0.486 e. The number of hydrogen-bond donors (Lipinski definition) is 0. The van der Waals surface area contributed by atoms with Gasteiger partial charge in [0.15, 0.2) is 0 Å². The lowest BCUT2D eigenvalue weighted by atomic mass is 9.69. The van der Waals surface area contributed by atoms with Crippen molar-refractivity contribution in [3.63, 3.8) is 0 Å². The van der Waals surface area contributed by atoms with Crippen LogP contribution in [0.2, 0.25) is 0 Å². The fourth-order valence-electron chi connectivity index (χ4n) is 5.70. The van der Waals surface area contributed by atoms with Crippen molar-refractivity contribution < 1.29 is 14.2 Å². The predicted molar refractivity (Wildman–Crippen MR) is 100 cm³/mol. The van der Waals surface area contributed by atoms with Crippen molar-refractivity contribution in [3.8, 4) is 5.75 Å². The van der Waals surface area contributed by atoms with Crippen LogP contribution in [0.15, 0.2) is 24.3 Å². The first-order chi connectivity index (χ1) is 12.8. The van der Waals surface area contributed by atoms with Gasteiger partial charge in [0.25, 0.3) is 0 Å². The number of likely N-dealkylation sites (tertiary alicyclic amines) is 1. The van der Waals surface area contributed by atoms with Crippen LogP contribution < -0.4 is 4.74 Å². The van der Waals surface area contributed by atoms with Gasteiger partial charge in [-0.1, -0.05) is 18.2 Å². The first-order valence-electron chi connectivity index (χ1n) is 10.5. The monoisotopic (exact) mass is 357 g/mol. The van der Waals surface area contributed by atoms with E-state index in [-0.39, 0.29) is 11.7 Å². The molecule has 0 aromatic heterocycles. The van der Waals surface area contributed by atoms with Crippen LogP contribution >= 0.6 is 0 Å². The number of nitrogens with zero attached hydrogens (tertiary/aromatic N) is 1. The Labute approximate surface area is 156 Å². The van der Waals surface area contributed by atoms with Crippen molar-refractivity contribution in [2.75, 3.05) is 26.3 Å².